The van der Waals surface area contributed by atoms with Crippen molar-refractivity contribution in [1.82, 2.24) is 4.57 Å². The van der Waals surface area contributed by atoms with Crippen molar-refractivity contribution >= 4 is 17.5 Å². The van der Waals surface area contributed by atoms with Crippen LogP contribution in [-0.2, 0) is 0 Å². The average molecular weight is 214 g/mol. The molecule has 3 radical (unpaired) electrons. The predicted molar refractivity (Wildman–Crippen MR) is 64.5 cm³/mol. The van der Waals surface area contributed by atoms with Crippen LogP contribution in [0, 0.1) is 11.8 Å². The third-order valence-electron chi connectivity index (χ3n) is 1.55. The van der Waals surface area contributed by atoms with E-state index in [1.165, 1.54) is 13.1 Å². The van der Waals surface area contributed by atoms with Crippen molar-refractivity contribution in [3.05, 3.63) is 0 Å². The second kappa shape index (κ2) is 6.79. The first-order chi connectivity index (χ1) is 5.91. The zero-order valence-electron chi connectivity index (χ0n) is 10.0. The fourth-order valence-electron chi connectivity index (χ4n) is 1.36. The highest BCUT2D eigenvalue weighted by Crippen LogP contribution is 2.02. The van der Waals surface area contributed by atoms with Crippen LogP contribution in [0.25, 0.3) is 0 Å². The van der Waals surface area contributed by atoms with Gasteiger partial charge in [0.15, 0.2) is 0 Å². The molecule has 0 aliphatic rings. The molecule has 1 nitrogen and oxygen atoms in total. The van der Waals surface area contributed by atoms with Crippen LogP contribution >= 0.6 is 0 Å². The van der Waals surface area contributed by atoms with E-state index in [0.717, 1.165) is 21.0 Å². The van der Waals surface area contributed by atoms with Gasteiger partial charge in [-0.2, -0.15) is 0 Å². The largest absolute Gasteiger partial charge is 0.327 e. The lowest BCUT2D eigenvalue weighted by atomic mass is 10.2. The Morgan fingerprint density at radius 1 is 1.00 bits per heavy atom. The highest BCUT2D eigenvalue weighted by Gasteiger charge is 2.12. The van der Waals surface area contributed by atoms with E-state index in [0.29, 0.717) is 0 Å². The summed E-state index contributed by atoms with van der Waals surface area (Å²) in [5.41, 5.74) is 0. The van der Waals surface area contributed by atoms with Crippen LogP contribution in [-0.4, -0.2) is 35.2 Å². The Labute approximate surface area is 88.2 Å². The summed E-state index contributed by atoms with van der Waals surface area (Å²) >= 11 is 0. The third-order valence-corrected chi connectivity index (χ3v) is 4.97. The Bertz CT molecular complexity index is 100. The molecule has 77 valence electrons. The second-order valence-electron chi connectivity index (χ2n) is 4.80. The van der Waals surface area contributed by atoms with Crippen LogP contribution in [0.15, 0.2) is 0 Å². The topological polar surface area (TPSA) is 3.24 Å². The molecule has 0 aliphatic carbocycles. The van der Waals surface area contributed by atoms with Crippen molar-refractivity contribution in [1.29, 1.82) is 0 Å². The van der Waals surface area contributed by atoms with E-state index < -0.39 is 0 Å². The fourth-order valence-corrected chi connectivity index (χ4v) is 5.35. The number of hydrogen-bond donors (Lipinski definition) is 0. The molecular formula is C10H24NSi2. The number of hydrogen-bond acceptors (Lipinski definition) is 1. The van der Waals surface area contributed by atoms with Gasteiger partial charge in [0.1, 0.15) is 9.20 Å². The monoisotopic (exact) mass is 214 g/mol. The van der Waals surface area contributed by atoms with E-state index in [1.54, 1.807) is 0 Å². The molecule has 0 bridgehead atoms. The van der Waals surface area contributed by atoms with Gasteiger partial charge in [0.25, 0.3) is 0 Å². The van der Waals surface area contributed by atoms with Crippen molar-refractivity contribution in [2.24, 2.45) is 11.8 Å². The summed E-state index contributed by atoms with van der Waals surface area (Å²) in [6, 6.07) is 0. The molecule has 0 aliphatic heterocycles. The van der Waals surface area contributed by atoms with Crippen LogP contribution in [0.5, 0.6) is 0 Å². The second-order valence-corrected chi connectivity index (χ2v) is 11.3. The smallest absolute Gasteiger partial charge is 0.124 e. The van der Waals surface area contributed by atoms with Gasteiger partial charge in [-0.05, 0) is 24.9 Å². The lowest BCUT2D eigenvalue weighted by Gasteiger charge is -2.26. The zero-order valence-corrected chi connectivity index (χ0v) is 12.0. The number of nitrogens with zero attached hydrogens (tertiary/aromatic N) is 1. The van der Waals surface area contributed by atoms with Crippen LogP contribution in [0.1, 0.15) is 27.7 Å². The van der Waals surface area contributed by atoms with Gasteiger partial charge < -0.3 is 4.57 Å². The van der Waals surface area contributed by atoms with Crippen LogP contribution in [0.2, 0.25) is 13.1 Å². The SMILES string of the molecule is CC(C)CN(CC(C)C)[Si][Si](C)C. The molecule has 0 saturated carbocycles. The molecule has 0 unspecified atom stereocenters. The summed E-state index contributed by atoms with van der Waals surface area (Å²) in [4.78, 5) is 0. The van der Waals surface area contributed by atoms with Crippen LogP contribution < -0.4 is 0 Å². The molecule has 13 heavy (non-hydrogen) atoms. The van der Waals surface area contributed by atoms with Crippen molar-refractivity contribution in [3.8, 4) is 0 Å². The Morgan fingerprint density at radius 3 is 1.62 bits per heavy atom. The van der Waals surface area contributed by atoms with Gasteiger partial charge in [0.05, 0.1) is 0 Å². The minimum Gasteiger partial charge on any atom is -0.327 e. The van der Waals surface area contributed by atoms with E-state index in [9.17, 15) is 0 Å². The third kappa shape index (κ3) is 8.72. The van der Waals surface area contributed by atoms with Gasteiger partial charge in [-0.3, -0.25) is 0 Å². The molecule has 0 saturated heterocycles. The molecule has 0 fully saturated rings. The first-order valence-electron chi connectivity index (χ1n) is 5.23. The van der Waals surface area contributed by atoms with Gasteiger partial charge in [-0.25, -0.2) is 0 Å². The number of rotatable bonds is 6. The fraction of sp³-hybridized carbons (Fsp3) is 1.00. The molecule has 0 rings (SSSR count). The van der Waals surface area contributed by atoms with Crippen molar-refractivity contribution < 1.29 is 0 Å². The lowest BCUT2D eigenvalue weighted by molar-refractivity contribution is 0.349. The Kier molecular flexibility index (Phi) is 7.00. The molecule has 0 aromatic carbocycles. The molecule has 0 N–H and O–H groups in total. The molecule has 0 aromatic rings. The maximum atomic E-state index is 2.67. The molecular weight excluding hydrogens is 190 g/mol. The Hall–Kier alpha value is 0.394. The van der Waals surface area contributed by atoms with E-state index >= 15 is 0 Å². The van der Waals surface area contributed by atoms with Gasteiger partial charge >= 0.3 is 0 Å². The van der Waals surface area contributed by atoms with E-state index in [-0.39, 0.29) is 8.31 Å². The van der Waals surface area contributed by atoms with Crippen molar-refractivity contribution in [3.63, 3.8) is 0 Å². The zero-order chi connectivity index (χ0) is 10.4. The van der Waals surface area contributed by atoms with E-state index in [1.807, 2.05) is 0 Å². The van der Waals surface area contributed by atoms with Gasteiger partial charge in [-0.15, -0.1) is 0 Å². The first kappa shape index (κ1) is 13.4. The van der Waals surface area contributed by atoms with Gasteiger partial charge in [0.2, 0.25) is 0 Å². The Balaban J connectivity index is 3.87. The molecule has 0 amide bonds. The lowest BCUT2D eigenvalue weighted by Crippen LogP contribution is -2.40. The first-order valence-corrected chi connectivity index (χ1v) is 9.68. The predicted octanol–water partition coefficient (Wildman–Crippen LogP) is 2.47. The van der Waals surface area contributed by atoms with Crippen molar-refractivity contribution in [2.45, 2.75) is 40.8 Å². The maximum Gasteiger partial charge on any atom is 0.124 e. The average Bonchev–Trinajstić information content (AvgIpc) is 1.80. The van der Waals surface area contributed by atoms with Crippen LogP contribution in [0.3, 0.4) is 0 Å². The van der Waals surface area contributed by atoms with Gasteiger partial charge in [0, 0.05) is 8.31 Å². The summed E-state index contributed by atoms with van der Waals surface area (Å²) in [5.74, 6) is 1.63. The summed E-state index contributed by atoms with van der Waals surface area (Å²) in [6.45, 7) is 16.7. The molecule has 0 spiro atoms. The quantitative estimate of drug-likeness (QED) is 0.614. The molecule has 3 heteroatoms. The highest BCUT2D eigenvalue weighted by molar-refractivity contribution is 7.09. The molecule has 0 heterocycles. The summed E-state index contributed by atoms with van der Waals surface area (Å²) in [6.07, 6.45) is 0. The standard InChI is InChI=1S/C10H24NSi2/c1-9(2)7-11(8-10(3)4)12-13(5)6/h9-10H,7-8H2,1-6H3. The minimum absolute atomic E-state index is 0.0699. The minimum atomic E-state index is -0.0699. The van der Waals surface area contributed by atoms with Crippen molar-refractivity contribution in [2.75, 3.05) is 13.1 Å². The summed E-state index contributed by atoms with van der Waals surface area (Å²) < 4.78 is 2.67. The van der Waals surface area contributed by atoms with E-state index in [2.05, 4.69) is 45.4 Å². The Morgan fingerprint density at radius 2 is 1.38 bits per heavy atom. The van der Waals surface area contributed by atoms with Gasteiger partial charge in [-0.1, -0.05) is 40.8 Å². The molecule has 0 atom stereocenters. The maximum absolute atomic E-state index is 2.67. The summed E-state index contributed by atoms with van der Waals surface area (Å²) in [5, 5.41) is 0. The summed E-state index contributed by atoms with van der Waals surface area (Å²) in [7, 11) is 1.03. The normalized spacial score (nSPS) is 12.5. The van der Waals surface area contributed by atoms with E-state index in [4.69, 9.17) is 0 Å². The van der Waals surface area contributed by atoms with Crippen LogP contribution in [0.4, 0.5) is 0 Å². The molecule has 0 aromatic heterocycles. The highest BCUT2D eigenvalue weighted by atomic mass is 29.2.